The average molecular weight is 417 g/mol. The zero-order chi connectivity index (χ0) is 15.1. The number of nitrogens with zero attached hydrogens (tertiary/aromatic N) is 1. The smallest absolute Gasteiger partial charge is 0.191 e. The Bertz CT molecular complexity index is 473. The highest BCUT2D eigenvalue weighted by Crippen LogP contribution is 2.27. The summed E-state index contributed by atoms with van der Waals surface area (Å²) in [5, 5.41) is 6.63. The van der Waals surface area contributed by atoms with Gasteiger partial charge in [-0.25, -0.2) is 0 Å². The minimum atomic E-state index is 0. The van der Waals surface area contributed by atoms with E-state index in [1.54, 1.807) is 7.05 Å². The molecule has 0 heterocycles. The van der Waals surface area contributed by atoms with Gasteiger partial charge < -0.3 is 15.4 Å². The monoisotopic (exact) mass is 417 g/mol. The van der Waals surface area contributed by atoms with Gasteiger partial charge >= 0.3 is 0 Å². The molecule has 2 rings (SSSR count). The van der Waals surface area contributed by atoms with E-state index in [0.29, 0.717) is 12.5 Å². The molecule has 0 aromatic heterocycles. The van der Waals surface area contributed by atoms with Crippen molar-refractivity contribution >= 4 is 29.9 Å². The van der Waals surface area contributed by atoms with Crippen LogP contribution in [0.5, 0.6) is 5.75 Å². The molecule has 1 aliphatic carbocycles. The second-order valence-corrected chi connectivity index (χ2v) is 5.86. The van der Waals surface area contributed by atoms with Crippen LogP contribution < -0.4 is 15.4 Å². The van der Waals surface area contributed by atoms with E-state index < -0.39 is 0 Å². The van der Waals surface area contributed by atoms with Crippen LogP contribution in [-0.4, -0.2) is 32.7 Å². The maximum absolute atomic E-state index is 5.89. The Morgan fingerprint density at radius 2 is 2.00 bits per heavy atom. The fourth-order valence-corrected chi connectivity index (χ4v) is 2.20. The largest absolute Gasteiger partial charge is 0.491 e. The lowest BCUT2D eigenvalue weighted by Crippen LogP contribution is -2.40. The Balaban J connectivity index is 0.00000242. The van der Waals surface area contributed by atoms with E-state index in [2.05, 4.69) is 41.6 Å². The molecule has 2 N–H and O–H groups in total. The lowest BCUT2D eigenvalue weighted by atomic mass is 10.0. The Kier molecular flexibility index (Phi) is 8.60. The molecule has 124 valence electrons. The number of ether oxygens (including phenoxy) is 1. The van der Waals surface area contributed by atoms with E-state index in [1.807, 2.05) is 12.1 Å². The fourth-order valence-electron chi connectivity index (χ4n) is 2.20. The number of guanidine groups is 1. The van der Waals surface area contributed by atoms with Crippen molar-refractivity contribution in [1.29, 1.82) is 0 Å². The second-order valence-electron chi connectivity index (χ2n) is 5.86. The van der Waals surface area contributed by atoms with E-state index >= 15 is 0 Å². The zero-order valence-electron chi connectivity index (χ0n) is 13.8. The Hall–Kier alpha value is -0.980. The van der Waals surface area contributed by atoms with Gasteiger partial charge in [0, 0.05) is 13.6 Å². The Morgan fingerprint density at radius 3 is 2.64 bits per heavy atom. The molecule has 22 heavy (non-hydrogen) atoms. The SMILES string of the molecule is CN=C(NCCOc1ccccc1C(C)C)NCC1CC1.I. The molecule has 0 aliphatic heterocycles. The van der Waals surface area contributed by atoms with Crippen LogP contribution in [0.3, 0.4) is 0 Å². The minimum Gasteiger partial charge on any atom is -0.491 e. The van der Waals surface area contributed by atoms with Crippen LogP contribution in [0.15, 0.2) is 29.3 Å². The number of halogens is 1. The van der Waals surface area contributed by atoms with E-state index in [1.165, 1.54) is 18.4 Å². The molecule has 0 bridgehead atoms. The summed E-state index contributed by atoms with van der Waals surface area (Å²) in [7, 11) is 1.80. The van der Waals surface area contributed by atoms with Crippen molar-refractivity contribution in [2.45, 2.75) is 32.6 Å². The molecule has 0 saturated heterocycles. The van der Waals surface area contributed by atoms with Gasteiger partial charge in [-0.05, 0) is 36.3 Å². The van der Waals surface area contributed by atoms with Crippen molar-refractivity contribution in [2.24, 2.45) is 10.9 Å². The number of benzene rings is 1. The quantitative estimate of drug-likeness (QED) is 0.310. The molecule has 1 aliphatic rings. The van der Waals surface area contributed by atoms with Crippen molar-refractivity contribution in [2.75, 3.05) is 26.7 Å². The number of aliphatic imine (C=N–C) groups is 1. The molecule has 0 spiro atoms. The van der Waals surface area contributed by atoms with Gasteiger partial charge in [-0.1, -0.05) is 32.0 Å². The average Bonchev–Trinajstić information content (AvgIpc) is 3.31. The topological polar surface area (TPSA) is 45.7 Å². The van der Waals surface area contributed by atoms with E-state index in [-0.39, 0.29) is 24.0 Å². The Labute approximate surface area is 151 Å². The van der Waals surface area contributed by atoms with Gasteiger partial charge in [0.2, 0.25) is 0 Å². The highest BCUT2D eigenvalue weighted by molar-refractivity contribution is 14.0. The molecule has 0 amide bonds. The highest BCUT2D eigenvalue weighted by atomic mass is 127. The maximum atomic E-state index is 5.89. The summed E-state index contributed by atoms with van der Waals surface area (Å²) in [4.78, 5) is 4.22. The summed E-state index contributed by atoms with van der Waals surface area (Å²) < 4.78 is 5.89. The molecule has 1 saturated carbocycles. The summed E-state index contributed by atoms with van der Waals surface area (Å²) in [6.45, 7) is 6.77. The molecular weight excluding hydrogens is 389 g/mol. The van der Waals surface area contributed by atoms with Crippen LogP contribution in [0.4, 0.5) is 0 Å². The van der Waals surface area contributed by atoms with Crippen LogP contribution in [0, 0.1) is 5.92 Å². The van der Waals surface area contributed by atoms with Crippen molar-refractivity contribution in [3.63, 3.8) is 0 Å². The summed E-state index contributed by atoms with van der Waals surface area (Å²) in [6, 6.07) is 8.24. The predicted molar refractivity (Wildman–Crippen MR) is 104 cm³/mol. The van der Waals surface area contributed by atoms with Crippen molar-refractivity contribution in [3.05, 3.63) is 29.8 Å². The fraction of sp³-hybridized carbons (Fsp3) is 0.588. The second kappa shape index (κ2) is 9.92. The van der Waals surface area contributed by atoms with Gasteiger partial charge in [-0.15, -0.1) is 24.0 Å². The van der Waals surface area contributed by atoms with Gasteiger partial charge in [-0.2, -0.15) is 0 Å². The minimum absolute atomic E-state index is 0. The van der Waals surface area contributed by atoms with E-state index in [9.17, 15) is 0 Å². The zero-order valence-corrected chi connectivity index (χ0v) is 16.1. The molecule has 1 fully saturated rings. The number of nitrogens with one attached hydrogen (secondary N) is 2. The molecular formula is C17H28IN3O. The normalized spacial score (nSPS) is 14.5. The maximum Gasteiger partial charge on any atom is 0.191 e. The summed E-state index contributed by atoms with van der Waals surface area (Å²) in [5.41, 5.74) is 1.26. The molecule has 0 unspecified atom stereocenters. The van der Waals surface area contributed by atoms with Crippen LogP contribution in [0.2, 0.25) is 0 Å². The molecule has 1 aromatic rings. The molecule has 4 nitrogen and oxygen atoms in total. The van der Waals surface area contributed by atoms with Crippen LogP contribution in [-0.2, 0) is 0 Å². The van der Waals surface area contributed by atoms with E-state index in [4.69, 9.17) is 4.74 Å². The van der Waals surface area contributed by atoms with E-state index in [0.717, 1.165) is 30.7 Å². The lowest BCUT2D eigenvalue weighted by Gasteiger charge is -2.15. The highest BCUT2D eigenvalue weighted by Gasteiger charge is 2.20. The Morgan fingerprint density at radius 1 is 1.27 bits per heavy atom. The van der Waals surface area contributed by atoms with Crippen LogP contribution in [0.25, 0.3) is 0 Å². The van der Waals surface area contributed by atoms with Crippen LogP contribution in [0.1, 0.15) is 38.2 Å². The molecule has 1 aromatic carbocycles. The first-order chi connectivity index (χ1) is 10.2. The summed E-state index contributed by atoms with van der Waals surface area (Å²) >= 11 is 0. The number of para-hydroxylation sites is 1. The third-order valence-electron chi connectivity index (χ3n) is 3.67. The number of hydrogen-bond acceptors (Lipinski definition) is 2. The third kappa shape index (κ3) is 6.42. The predicted octanol–water partition coefficient (Wildman–Crippen LogP) is 3.38. The molecule has 5 heteroatoms. The van der Waals surface area contributed by atoms with Gasteiger partial charge in [0.25, 0.3) is 0 Å². The van der Waals surface area contributed by atoms with Crippen LogP contribution >= 0.6 is 24.0 Å². The molecule has 0 atom stereocenters. The number of hydrogen-bond donors (Lipinski definition) is 2. The standard InChI is InChI=1S/C17H27N3O.HI/c1-13(2)15-6-4-5-7-16(15)21-11-10-19-17(18-3)20-12-14-8-9-14;/h4-7,13-14H,8-12H2,1-3H3,(H2,18,19,20);1H. The van der Waals surface area contributed by atoms with Gasteiger partial charge in [0.05, 0.1) is 6.54 Å². The number of rotatable bonds is 7. The first-order valence-corrected chi connectivity index (χ1v) is 7.87. The lowest BCUT2D eigenvalue weighted by molar-refractivity contribution is 0.317. The van der Waals surface area contributed by atoms with Gasteiger partial charge in [0.15, 0.2) is 5.96 Å². The van der Waals surface area contributed by atoms with Gasteiger partial charge in [0.1, 0.15) is 12.4 Å². The van der Waals surface area contributed by atoms with Crippen molar-refractivity contribution in [1.82, 2.24) is 10.6 Å². The van der Waals surface area contributed by atoms with Gasteiger partial charge in [-0.3, -0.25) is 4.99 Å². The van der Waals surface area contributed by atoms with Crippen molar-refractivity contribution in [3.8, 4) is 5.75 Å². The first kappa shape index (κ1) is 19.1. The summed E-state index contributed by atoms with van der Waals surface area (Å²) in [6.07, 6.45) is 2.69. The molecule has 0 radical (unpaired) electrons. The third-order valence-corrected chi connectivity index (χ3v) is 3.67. The van der Waals surface area contributed by atoms with Crippen molar-refractivity contribution < 1.29 is 4.74 Å². The first-order valence-electron chi connectivity index (χ1n) is 7.87. The summed E-state index contributed by atoms with van der Waals surface area (Å²) in [5.74, 6) is 3.16.